The first-order chi connectivity index (χ1) is 11.4. The van der Waals surface area contributed by atoms with E-state index in [1.54, 1.807) is 4.31 Å². The van der Waals surface area contributed by atoms with Crippen LogP contribution in [0.3, 0.4) is 0 Å². The van der Waals surface area contributed by atoms with Gasteiger partial charge in [-0.3, -0.25) is 4.99 Å². The molecule has 0 saturated carbocycles. The van der Waals surface area contributed by atoms with Crippen LogP contribution in [0.25, 0.3) is 0 Å². The van der Waals surface area contributed by atoms with Crippen LogP contribution < -0.4 is 5.32 Å². The molecule has 138 valence electrons. The Morgan fingerprint density at radius 2 is 2.04 bits per heavy atom. The maximum atomic E-state index is 11.6. The number of nitrogens with zero attached hydrogens (tertiary/aromatic N) is 3. The molecule has 0 bridgehead atoms. The summed E-state index contributed by atoms with van der Waals surface area (Å²) in [4.78, 5) is 6.80. The average Bonchev–Trinajstić information content (AvgIpc) is 3.18. The van der Waals surface area contributed by atoms with E-state index in [2.05, 4.69) is 15.2 Å². The van der Waals surface area contributed by atoms with Crippen LogP contribution in [0.1, 0.15) is 25.7 Å². The summed E-state index contributed by atoms with van der Waals surface area (Å²) in [5.41, 5.74) is 0.332. The molecule has 24 heavy (non-hydrogen) atoms. The number of likely N-dealkylation sites (tertiary alicyclic amines) is 1. The van der Waals surface area contributed by atoms with Gasteiger partial charge in [-0.1, -0.05) is 0 Å². The summed E-state index contributed by atoms with van der Waals surface area (Å²) in [6.07, 6.45) is 5.46. The van der Waals surface area contributed by atoms with Gasteiger partial charge in [0.25, 0.3) is 0 Å². The Labute approximate surface area is 145 Å². The predicted molar refractivity (Wildman–Crippen MR) is 94.6 cm³/mol. The number of hydrogen-bond donors (Lipinski definition) is 1. The zero-order valence-corrected chi connectivity index (χ0v) is 15.6. The lowest BCUT2D eigenvalue weighted by atomic mass is 9.87. The molecule has 1 atom stereocenters. The summed E-state index contributed by atoms with van der Waals surface area (Å²) in [6, 6.07) is 0. The third kappa shape index (κ3) is 4.03. The lowest BCUT2D eigenvalue weighted by Crippen LogP contribution is -2.45. The number of hydrogen-bond acceptors (Lipinski definition) is 4. The van der Waals surface area contributed by atoms with Crippen LogP contribution >= 0.6 is 0 Å². The van der Waals surface area contributed by atoms with E-state index in [-0.39, 0.29) is 0 Å². The minimum absolute atomic E-state index is 0.332. The molecule has 3 saturated heterocycles. The fraction of sp³-hybridized carbons (Fsp3) is 0.938. The molecule has 0 aromatic heterocycles. The van der Waals surface area contributed by atoms with E-state index in [9.17, 15) is 8.42 Å². The summed E-state index contributed by atoms with van der Waals surface area (Å²) < 4.78 is 30.3. The highest BCUT2D eigenvalue weighted by Gasteiger charge is 2.42. The van der Waals surface area contributed by atoms with Crippen molar-refractivity contribution in [2.75, 3.05) is 59.2 Å². The molecule has 3 aliphatic heterocycles. The number of nitrogens with one attached hydrogen (secondary N) is 1. The highest BCUT2D eigenvalue weighted by atomic mass is 32.2. The first-order valence-electron chi connectivity index (χ1n) is 8.90. The van der Waals surface area contributed by atoms with Gasteiger partial charge in [0.15, 0.2) is 5.96 Å². The highest BCUT2D eigenvalue weighted by Crippen LogP contribution is 2.38. The Hall–Kier alpha value is -0.860. The Balaban J connectivity index is 1.46. The maximum Gasteiger partial charge on any atom is 0.211 e. The van der Waals surface area contributed by atoms with Gasteiger partial charge in [0.1, 0.15) is 0 Å². The summed E-state index contributed by atoms with van der Waals surface area (Å²) >= 11 is 0. The molecule has 1 N–H and O–H groups in total. The van der Waals surface area contributed by atoms with Gasteiger partial charge in [-0.25, -0.2) is 12.7 Å². The lowest BCUT2D eigenvalue weighted by Gasteiger charge is -2.31. The molecule has 3 heterocycles. The van der Waals surface area contributed by atoms with Crippen LogP contribution in [0.2, 0.25) is 0 Å². The Morgan fingerprint density at radius 1 is 1.29 bits per heavy atom. The quantitative estimate of drug-likeness (QED) is 0.582. The zero-order chi connectivity index (χ0) is 17.2. The predicted octanol–water partition coefficient (Wildman–Crippen LogP) is 0.346. The van der Waals surface area contributed by atoms with Crippen molar-refractivity contribution in [2.24, 2.45) is 16.3 Å². The Bertz CT molecular complexity index is 564. The highest BCUT2D eigenvalue weighted by molar-refractivity contribution is 7.88. The molecule has 0 aliphatic carbocycles. The normalized spacial score (nSPS) is 30.4. The topological polar surface area (TPSA) is 74.2 Å². The maximum absolute atomic E-state index is 11.6. The minimum Gasteiger partial charge on any atom is -0.381 e. The zero-order valence-electron chi connectivity index (χ0n) is 14.8. The van der Waals surface area contributed by atoms with Crippen molar-refractivity contribution >= 4 is 16.0 Å². The number of aliphatic imine (C=N–C) groups is 1. The van der Waals surface area contributed by atoms with Crippen LogP contribution in [0.15, 0.2) is 4.99 Å². The van der Waals surface area contributed by atoms with Crippen molar-refractivity contribution < 1.29 is 13.2 Å². The van der Waals surface area contributed by atoms with Gasteiger partial charge in [-0.05, 0) is 31.6 Å². The monoisotopic (exact) mass is 358 g/mol. The number of sulfonamides is 1. The second-order valence-electron chi connectivity index (χ2n) is 7.51. The van der Waals surface area contributed by atoms with Crippen molar-refractivity contribution in [3.63, 3.8) is 0 Å². The molecular formula is C16H30N4O3S. The Morgan fingerprint density at radius 3 is 2.62 bits per heavy atom. The van der Waals surface area contributed by atoms with Crippen molar-refractivity contribution in [3.05, 3.63) is 0 Å². The van der Waals surface area contributed by atoms with Crippen LogP contribution in [0, 0.1) is 11.3 Å². The molecule has 1 spiro atoms. The average molecular weight is 359 g/mol. The summed E-state index contributed by atoms with van der Waals surface area (Å²) in [7, 11) is -1.20. The molecule has 0 amide bonds. The Kier molecular flexibility index (Phi) is 5.36. The van der Waals surface area contributed by atoms with Crippen molar-refractivity contribution in [3.8, 4) is 0 Å². The van der Waals surface area contributed by atoms with E-state index >= 15 is 0 Å². The summed E-state index contributed by atoms with van der Waals surface area (Å²) in [6.45, 7) is 5.96. The van der Waals surface area contributed by atoms with Gasteiger partial charge in [0, 0.05) is 51.8 Å². The third-order valence-corrected chi connectivity index (χ3v) is 7.03. The molecule has 0 radical (unpaired) electrons. The van der Waals surface area contributed by atoms with E-state index in [0.717, 1.165) is 58.1 Å². The summed E-state index contributed by atoms with van der Waals surface area (Å²) in [5, 5.41) is 3.51. The molecular weight excluding hydrogens is 328 g/mol. The van der Waals surface area contributed by atoms with Crippen molar-refractivity contribution in [1.29, 1.82) is 0 Å². The van der Waals surface area contributed by atoms with E-state index in [4.69, 9.17) is 4.74 Å². The van der Waals surface area contributed by atoms with Crippen LogP contribution in [0.4, 0.5) is 0 Å². The first-order valence-corrected chi connectivity index (χ1v) is 10.8. The number of ether oxygens (including phenoxy) is 1. The molecule has 0 aromatic rings. The van der Waals surface area contributed by atoms with Gasteiger partial charge in [0.2, 0.25) is 10.0 Å². The summed E-state index contributed by atoms with van der Waals surface area (Å²) in [5.74, 6) is 1.48. The number of guanidine groups is 1. The van der Waals surface area contributed by atoms with E-state index in [1.807, 2.05) is 7.05 Å². The molecule has 1 unspecified atom stereocenters. The second kappa shape index (κ2) is 7.17. The SMILES string of the molecule is CN=C(NCC1CCN(S(C)(=O)=O)CC1)N1CCC2(CCOC2)C1. The third-order valence-electron chi connectivity index (χ3n) is 5.73. The van der Waals surface area contributed by atoms with Crippen LogP contribution in [-0.4, -0.2) is 82.8 Å². The van der Waals surface area contributed by atoms with Crippen LogP contribution in [0.5, 0.6) is 0 Å². The lowest BCUT2D eigenvalue weighted by molar-refractivity contribution is 0.156. The second-order valence-corrected chi connectivity index (χ2v) is 9.49. The fourth-order valence-electron chi connectivity index (χ4n) is 4.10. The van der Waals surface area contributed by atoms with Crippen molar-refractivity contribution in [1.82, 2.24) is 14.5 Å². The van der Waals surface area contributed by atoms with Gasteiger partial charge in [0.05, 0.1) is 12.9 Å². The van der Waals surface area contributed by atoms with Crippen molar-refractivity contribution in [2.45, 2.75) is 25.7 Å². The number of piperidine rings is 1. The largest absolute Gasteiger partial charge is 0.381 e. The standard InChI is InChI=1S/C16H30N4O3S/c1-17-15(19-9-5-16(12-19)6-10-23-13-16)18-11-14-3-7-20(8-4-14)24(2,21)22/h14H,3-13H2,1-2H3,(H,17,18). The van der Waals surface area contributed by atoms with Gasteiger partial charge in [-0.15, -0.1) is 0 Å². The molecule has 7 nitrogen and oxygen atoms in total. The number of rotatable bonds is 3. The molecule has 3 rings (SSSR count). The molecule has 3 aliphatic rings. The van der Waals surface area contributed by atoms with Crippen LogP contribution in [-0.2, 0) is 14.8 Å². The van der Waals surface area contributed by atoms with Gasteiger partial charge >= 0.3 is 0 Å². The molecule has 8 heteroatoms. The van der Waals surface area contributed by atoms with E-state index in [0.29, 0.717) is 24.4 Å². The van der Waals surface area contributed by atoms with E-state index < -0.39 is 10.0 Å². The molecule has 3 fully saturated rings. The van der Waals surface area contributed by atoms with Gasteiger partial charge < -0.3 is 15.0 Å². The fourth-order valence-corrected chi connectivity index (χ4v) is 4.97. The smallest absolute Gasteiger partial charge is 0.211 e. The minimum atomic E-state index is -3.04. The first kappa shape index (κ1) is 17.9. The molecule has 0 aromatic carbocycles. The van der Waals surface area contributed by atoms with E-state index in [1.165, 1.54) is 12.7 Å². The van der Waals surface area contributed by atoms with Gasteiger partial charge in [-0.2, -0.15) is 0 Å².